The smallest absolute Gasteiger partial charge is 0.326 e. The minimum absolute atomic E-state index is 0.00714. The molecule has 0 fully saturated rings. The average molecular weight is 395 g/mol. The van der Waals surface area contributed by atoms with Gasteiger partial charge in [-0.15, -0.1) is 11.6 Å². The zero-order chi connectivity index (χ0) is 19.8. The number of carbonyl (C=O) groups excluding carboxylic acids is 2. The third-order valence-electron chi connectivity index (χ3n) is 4.08. The Morgan fingerprint density at radius 1 is 0.786 bits per heavy atom. The van der Waals surface area contributed by atoms with Crippen LogP contribution in [-0.2, 0) is 27.4 Å². The number of rotatable bonds is 7. The fraction of sp³-hybridized carbons (Fsp3) is 0.130. The predicted molar refractivity (Wildman–Crippen MR) is 108 cm³/mol. The number of carbonyl (C=O) groups is 2. The van der Waals surface area contributed by atoms with Crippen LogP contribution in [0.3, 0.4) is 0 Å². The van der Waals surface area contributed by atoms with Gasteiger partial charge in [-0.25, -0.2) is 0 Å². The summed E-state index contributed by atoms with van der Waals surface area (Å²) in [5.74, 6) is -0.943. The van der Waals surface area contributed by atoms with E-state index in [2.05, 4.69) is 0 Å². The van der Waals surface area contributed by atoms with E-state index in [4.69, 9.17) is 21.1 Å². The van der Waals surface area contributed by atoms with Crippen molar-refractivity contribution in [3.63, 3.8) is 0 Å². The van der Waals surface area contributed by atoms with Gasteiger partial charge >= 0.3 is 11.9 Å². The maximum absolute atomic E-state index is 12.3. The van der Waals surface area contributed by atoms with Gasteiger partial charge in [0.15, 0.2) is 0 Å². The molecule has 0 spiro atoms. The van der Waals surface area contributed by atoms with Crippen molar-refractivity contribution in [3.8, 4) is 16.9 Å². The lowest BCUT2D eigenvalue weighted by Crippen LogP contribution is -2.13. The van der Waals surface area contributed by atoms with Crippen molar-refractivity contribution in [3.05, 3.63) is 90.0 Å². The highest BCUT2D eigenvalue weighted by Crippen LogP contribution is 2.28. The first-order valence-electron chi connectivity index (χ1n) is 8.80. The highest BCUT2D eigenvalue weighted by Gasteiger charge is 2.15. The molecule has 5 heteroatoms. The second-order valence-corrected chi connectivity index (χ2v) is 6.39. The molecular weight excluding hydrogens is 376 g/mol. The second-order valence-electron chi connectivity index (χ2n) is 6.12. The summed E-state index contributed by atoms with van der Waals surface area (Å²) in [6, 6.07) is 24.5. The van der Waals surface area contributed by atoms with Crippen molar-refractivity contribution in [2.45, 2.75) is 13.0 Å². The Hall–Kier alpha value is -3.11. The summed E-state index contributed by atoms with van der Waals surface area (Å²) in [4.78, 5) is 24.0. The SMILES string of the molecule is O=C(Cc1ccc(-c2ccccc2)cc1OC(=O)CCl)OCc1ccccc1. The molecule has 0 aliphatic rings. The number of alkyl halides is 1. The molecule has 0 heterocycles. The average Bonchev–Trinajstić information content (AvgIpc) is 2.74. The Bertz CT molecular complexity index is 939. The molecule has 0 saturated carbocycles. The lowest BCUT2D eigenvalue weighted by Gasteiger charge is -2.12. The summed E-state index contributed by atoms with van der Waals surface area (Å²) in [7, 11) is 0. The topological polar surface area (TPSA) is 52.6 Å². The first-order chi connectivity index (χ1) is 13.7. The predicted octanol–water partition coefficient (Wildman–Crippen LogP) is 4.78. The zero-order valence-electron chi connectivity index (χ0n) is 15.1. The van der Waals surface area contributed by atoms with Gasteiger partial charge in [0.25, 0.3) is 0 Å². The van der Waals surface area contributed by atoms with E-state index in [1.165, 1.54) is 0 Å². The molecule has 3 rings (SSSR count). The molecular formula is C23H19ClO4. The molecule has 0 radical (unpaired) electrons. The van der Waals surface area contributed by atoms with Crippen LogP contribution in [0.4, 0.5) is 0 Å². The van der Waals surface area contributed by atoms with Crippen LogP contribution in [0.2, 0.25) is 0 Å². The molecule has 0 bridgehead atoms. The van der Waals surface area contributed by atoms with Gasteiger partial charge in [0.1, 0.15) is 18.2 Å². The third kappa shape index (κ3) is 5.44. The maximum atomic E-state index is 12.3. The van der Waals surface area contributed by atoms with E-state index in [9.17, 15) is 9.59 Å². The first kappa shape index (κ1) is 19.6. The number of benzene rings is 3. The number of ether oxygens (including phenoxy) is 2. The van der Waals surface area contributed by atoms with Crippen molar-refractivity contribution in [2.24, 2.45) is 0 Å². The van der Waals surface area contributed by atoms with Gasteiger partial charge in [0, 0.05) is 5.56 Å². The summed E-state index contributed by atoms with van der Waals surface area (Å²) in [6.07, 6.45) is -0.00714. The van der Waals surface area contributed by atoms with E-state index in [1.807, 2.05) is 66.7 Å². The van der Waals surface area contributed by atoms with Gasteiger partial charge < -0.3 is 9.47 Å². The minimum Gasteiger partial charge on any atom is -0.461 e. The molecule has 0 atom stereocenters. The number of hydrogen-bond acceptors (Lipinski definition) is 4. The summed E-state index contributed by atoms with van der Waals surface area (Å²) in [6.45, 7) is 0.193. The monoisotopic (exact) mass is 394 g/mol. The number of hydrogen-bond donors (Lipinski definition) is 0. The molecule has 3 aromatic carbocycles. The highest BCUT2D eigenvalue weighted by atomic mass is 35.5. The van der Waals surface area contributed by atoms with E-state index in [-0.39, 0.29) is 18.9 Å². The third-order valence-corrected chi connectivity index (χ3v) is 4.30. The fourth-order valence-electron chi connectivity index (χ4n) is 2.70. The Morgan fingerprint density at radius 2 is 1.46 bits per heavy atom. The number of esters is 2. The van der Waals surface area contributed by atoms with E-state index < -0.39 is 11.9 Å². The highest BCUT2D eigenvalue weighted by molar-refractivity contribution is 6.26. The lowest BCUT2D eigenvalue weighted by atomic mass is 10.0. The second kappa shape index (κ2) is 9.72. The summed E-state index contributed by atoms with van der Waals surface area (Å²) >= 11 is 5.57. The molecule has 0 aliphatic heterocycles. The van der Waals surface area contributed by atoms with E-state index in [0.717, 1.165) is 16.7 Å². The molecule has 28 heavy (non-hydrogen) atoms. The fourth-order valence-corrected chi connectivity index (χ4v) is 2.75. The van der Waals surface area contributed by atoms with Crippen molar-refractivity contribution in [2.75, 3.05) is 5.88 Å². The maximum Gasteiger partial charge on any atom is 0.326 e. The van der Waals surface area contributed by atoms with E-state index in [1.54, 1.807) is 12.1 Å². The van der Waals surface area contributed by atoms with Crippen LogP contribution in [0.5, 0.6) is 5.75 Å². The van der Waals surface area contributed by atoms with Crippen molar-refractivity contribution in [1.82, 2.24) is 0 Å². The van der Waals surface area contributed by atoms with Crippen molar-refractivity contribution in [1.29, 1.82) is 0 Å². The molecule has 4 nitrogen and oxygen atoms in total. The van der Waals surface area contributed by atoms with Crippen LogP contribution in [0.25, 0.3) is 11.1 Å². The quantitative estimate of drug-likeness (QED) is 0.328. The Labute approximate surface area is 168 Å². The lowest BCUT2D eigenvalue weighted by molar-refractivity contribution is -0.144. The van der Waals surface area contributed by atoms with Crippen molar-refractivity contribution >= 4 is 23.5 Å². The largest absolute Gasteiger partial charge is 0.461 e. The molecule has 3 aromatic rings. The van der Waals surface area contributed by atoms with Gasteiger partial charge in [-0.05, 0) is 22.8 Å². The van der Waals surface area contributed by atoms with Crippen LogP contribution < -0.4 is 4.74 Å². The molecule has 0 N–H and O–H groups in total. The van der Waals surface area contributed by atoms with Gasteiger partial charge in [-0.2, -0.15) is 0 Å². The summed E-state index contributed by atoms with van der Waals surface area (Å²) in [5, 5.41) is 0. The van der Waals surface area contributed by atoms with Crippen LogP contribution in [-0.4, -0.2) is 17.8 Å². The molecule has 0 amide bonds. The van der Waals surface area contributed by atoms with Gasteiger partial charge in [0.05, 0.1) is 6.42 Å². The van der Waals surface area contributed by atoms with Gasteiger partial charge in [-0.3, -0.25) is 9.59 Å². The normalized spacial score (nSPS) is 10.3. The summed E-state index contributed by atoms with van der Waals surface area (Å²) < 4.78 is 10.7. The zero-order valence-corrected chi connectivity index (χ0v) is 15.9. The molecule has 142 valence electrons. The molecule has 0 aliphatic carbocycles. The van der Waals surface area contributed by atoms with Crippen LogP contribution in [0.15, 0.2) is 78.9 Å². The number of halogens is 1. The molecule has 0 aromatic heterocycles. The van der Waals surface area contributed by atoms with E-state index >= 15 is 0 Å². The molecule has 0 saturated heterocycles. The van der Waals surface area contributed by atoms with Crippen LogP contribution in [0, 0.1) is 0 Å². The summed E-state index contributed by atoms with van der Waals surface area (Å²) in [5.41, 5.74) is 3.32. The Morgan fingerprint density at radius 3 is 2.14 bits per heavy atom. The van der Waals surface area contributed by atoms with Crippen LogP contribution in [0.1, 0.15) is 11.1 Å². The van der Waals surface area contributed by atoms with Crippen LogP contribution >= 0.6 is 11.6 Å². The standard InChI is InChI=1S/C23H19ClO4/c24-15-23(26)28-21-13-19(18-9-5-2-6-10-18)11-12-20(21)14-22(25)27-16-17-7-3-1-4-8-17/h1-13H,14-16H2. The first-order valence-corrected chi connectivity index (χ1v) is 9.33. The Balaban J connectivity index is 1.76. The van der Waals surface area contributed by atoms with Gasteiger partial charge in [0.2, 0.25) is 0 Å². The van der Waals surface area contributed by atoms with Crippen molar-refractivity contribution < 1.29 is 19.1 Å². The minimum atomic E-state index is -0.578. The van der Waals surface area contributed by atoms with Gasteiger partial charge in [-0.1, -0.05) is 72.8 Å². The Kier molecular flexibility index (Phi) is 6.82. The van der Waals surface area contributed by atoms with E-state index in [0.29, 0.717) is 11.3 Å². The molecule has 0 unspecified atom stereocenters.